The van der Waals surface area contributed by atoms with Crippen LogP contribution in [0.2, 0.25) is 0 Å². The molecule has 1 rings (SSSR count). The lowest BCUT2D eigenvalue weighted by Crippen LogP contribution is -1.99. The largest absolute Gasteiger partial charge is 0.396 e. The maximum Gasteiger partial charge on any atom is 0.146 e. The SMILES string of the molecule is CNc1ccc(F)c(N)c1C. The third-order valence-corrected chi connectivity index (χ3v) is 1.73. The standard InChI is InChI=1S/C8H11FN2/c1-5-7(11-2)4-3-6(9)8(5)10/h3-4,11H,10H2,1-2H3. The number of benzene rings is 1. The molecule has 11 heavy (non-hydrogen) atoms. The van der Waals surface area contributed by atoms with Crippen molar-refractivity contribution in [3.8, 4) is 0 Å². The van der Waals surface area contributed by atoms with Crippen molar-refractivity contribution in [1.82, 2.24) is 0 Å². The van der Waals surface area contributed by atoms with Gasteiger partial charge in [0.05, 0.1) is 5.69 Å². The summed E-state index contributed by atoms with van der Waals surface area (Å²) in [6.07, 6.45) is 0. The third-order valence-electron chi connectivity index (χ3n) is 1.73. The van der Waals surface area contributed by atoms with E-state index in [1.165, 1.54) is 6.07 Å². The van der Waals surface area contributed by atoms with Crippen LogP contribution in [0.25, 0.3) is 0 Å². The number of nitrogens with two attached hydrogens (primary N) is 1. The van der Waals surface area contributed by atoms with Gasteiger partial charge >= 0.3 is 0 Å². The highest BCUT2D eigenvalue weighted by Gasteiger charge is 2.03. The highest BCUT2D eigenvalue weighted by molar-refractivity contribution is 5.63. The van der Waals surface area contributed by atoms with Gasteiger partial charge in [0.2, 0.25) is 0 Å². The van der Waals surface area contributed by atoms with Crippen LogP contribution in [-0.4, -0.2) is 7.05 Å². The maximum atomic E-state index is 12.7. The van der Waals surface area contributed by atoms with Crippen molar-refractivity contribution in [1.29, 1.82) is 0 Å². The number of nitrogens with one attached hydrogen (secondary N) is 1. The van der Waals surface area contributed by atoms with E-state index >= 15 is 0 Å². The van der Waals surface area contributed by atoms with Crippen molar-refractivity contribution in [2.45, 2.75) is 6.92 Å². The van der Waals surface area contributed by atoms with Gasteiger partial charge in [0.1, 0.15) is 5.82 Å². The number of hydrogen-bond donors (Lipinski definition) is 2. The van der Waals surface area contributed by atoms with Gasteiger partial charge in [0, 0.05) is 12.7 Å². The zero-order chi connectivity index (χ0) is 8.43. The first-order chi connectivity index (χ1) is 5.16. The molecule has 0 aliphatic heterocycles. The van der Waals surface area contributed by atoms with Crippen LogP contribution >= 0.6 is 0 Å². The monoisotopic (exact) mass is 154 g/mol. The molecule has 3 heteroatoms. The second kappa shape index (κ2) is 2.78. The fourth-order valence-corrected chi connectivity index (χ4v) is 0.966. The second-order valence-electron chi connectivity index (χ2n) is 2.38. The molecule has 0 amide bonds. The molecule has 1 aromatic carbocycles. The van der Waals surface area contributed by atoms with Gasteiger partial charge in [-0.25, -0.2) is 4.39 Å². The summed E-state index contributed by atoms with van der Waals surface area (Å²) >= 11 is 0. The van der Waals surface area contributed by atoms with E-state index in [4.69, 9.17) is 5.73 Å². The van der Waals surface area contributed by atoms with E-state index < -0.39 is 0 Å². The Bertz CT molecular complexity index is 271. The third kappa shape index (κ3) is 1.27. The minimum atomic E-state index is -0.360. The summed E-state index contributed by atoms with van der Waals surface area (Å²) in [6, 6.07) is 3.02. The van der Waals surface area contributed by atoms with Gasteiger partial charge in [-0.2, -0.15) is 0 Å². The lowest BCUT2D eigenvalue weighted by molar-refractivity contribution is 0.632. The zero-order valence-corrected chi connectivity index (χ0v) is 6.61. The van der Waals surface area contributed by atoms with Gasteiger partial charge < -0.3 is 11.1 Å². The molecule has 0 saturated heterocycles. The van der Waals surface area contributed by atoms with Gasteiger partial charge in [-0.15, -0.1) is 0 Å². The van der Waals surface area contributed by atoms with Crippen LogP contribution in [-0.2, 0) is 0 Å². The average Bonchev–Trinajstić information content (AvgIpc) is 2.01. The fourth-order valence-electron chi connectivity index (χ4n) is 0.966. The molecule has 1 aromatic rings. The minimum Gasteiger partial charge on any atom is -0.396 e. The Morgan fingerprint density at radius 2 is 2.09 bits per heavy atom. The van der Waals surface area contributed by atoms with E-state index in [9.17, 15) is 4.39 Å². The molecular formula is C8H11FN2. The van der Waals surface area contributed by atoms with E-state index in [-0.39, 0.29) is 11.5 Å². The maximum absolute atomic E-state index is 12.7. The lowest BCUT2D eigenvalue weighted by Gasteiger charge is -2.07. The van der Waals surface area contributed by atoms with Crippen LogP contribution in [0, 0.1) is 12.7 Å². The zero-order valence-electron chi connectivity index (χ0n) is 6.61. The van der Waals surface area contributed by atoms with Gasteiger partial charge in [-0.05, 0) is 24.6 Å². The Balaban J connectivity index is 3.25. The highest BCUT2D eigenvalue weighted by Crippen LogP contribution is 2.22. The molecule has 60 valence electrons. The summed E-state index contributed by atoms with van der Waals surface area (Å²) in [4.78, 5) is 0. The number of hydrogen-bond acceptors (Lipinski definition) is 2. The Kier molecular flexibility index (Phi) is 1.98. The van der Waals surface area contributed by atoms with Crippen LogP contribution in [0.3, 0.4) is 0 Å². The van der Waals surface area contributed by atoms with Gasteiger partial charge in [-0.3, -0.25) is 0 Å². The smallest absolute Gasteiger partial charge is 0.146 e. The first-order valence-electron chi connectivity index (χ1n) is 3.39. The quantitative estimate of drug-likeness (QED) is 0.605. The lowest BCUT2D eigenvalue weighted by atomic mass is 10.1. The van der Waals surface area contributed by atoms with Crippen molar-refractivity contribution >= 4 is 11.4 Å². The molecule has 0 saturated carbocycles. The van der Waals surface area contributed by atoms with E-state index in [1.54, 1.807) is 20.0 Å². The Morgan fingerprint density at radius 1 is 1.45 bits per heavy atom. The number of anilines is 2. The summed E-state index contributed by atoms with van der Waals surface area (Å²) in [5, 5.41) is 2.92. The summed E-state index contributed by atoms with van der Waals surface area (Å²) < 4.78 is 12.7. The highest BCUT2D eigenvalue weighted by atomic mass is 19.1. The van der Waals surface area contributed by atoms with E-state index in [2.05, 4.69) is 5.32 Å². The van der Waals surface area contributed by atoms with Gasteiger partial charge in [-0.1, -0.05) is 0 Å². The summed E-state index contributed by atoms with van der Waals surface area (Å²) in [7, 11) is 1.78. The summed E-state index contributed by atoms with van der Waals surface area (Å²) in [5.74, 6) is -0.360. The molecule has 0 unspecified atom stereocenters. The average molecular weight is 154 g/mol. The Labute approximate surface area is 65.2 Å². The number of nitrogen functional groups attached to an aromatic ring is 1. The molecule has 0 aromatic heterocycles. The van der Waals surface area contributed by atoms with Crippen LogP contribution < -0.4 is 11.1 Å². The van der Waals surface area contributed by atoms with Crippen molar-refractivity contribution in [3.05, 3.63) is 23.5 Å². The molecule has 0 aliphatic carbocycles. The second-order valence-corrected chi connectivity index (χ2v) is 2.38. The molecule has 0 bridgehead atoms. The van der Waals surface area contributed by atoms with Crippen LogP contribution in [0.15, 0.2) is 12.1 Å². The molecule has 0 radical (unpaired) electrons. The summed E-state index contributed by atoms with van der Waals surface area (Å²) in [6.45, 7) is 1.78. The Morgan fingerprint density at radius 3 is 2.64 bits per heavy atom. The van der Waals surface area contributed by atoms with E-state index in [0.717, 1.165) is 11.3 Å². The Hall–Kier alpha value is -1.25. The first-order valence-corrected chi connectivity index (χ1v) is 3.39. The molecule has 3 N–H and O–H groups in total. The molecule has 0 fully saturated rings. The summed E-state index contributed by atoms with van der Waals surface area (Å²) in [5.41, 5.74) is 7.28. The van der Waals surface area contributed by atoms with Crippen molar-refractivity contribution in [3.63, 3.8) is 0 Å². The molecule has 0 spiro atoms. The predicted molar refractivity (Wildman–Crippen MR) is 45.1 cm³/mol. The first kappa shape index (κ1) is 7.85. The molecular weight excluding hydrogens is 143 g/mol. The van der Waals surface area contributed by atoms with Crippen LogP contribution in [0.5, 0.6) is 0 Å². The van der Waals surface area contributed by atoms with Gasteiger partial charge in [0.25, 0.3) is 0 Å². The molecule has 0 atom stereocenters. The van der Waals surface area contributed by atoms with E-state index in [1.807, 2.05) is 0 Å². The topological polar surface area (TPSA) is 38.0 Å². The van der Waals surface area contributed by atoms with Gasteiger partial charge in [0.15, 0.2) is 0 Å². The molecule has 0 aliphatic rings. The predicted octanol–water partition coefficient (Wildman–Crippen LogP) is 1.76. The van der Waals surface area contributed by atoms with Crippen molar-refractivity contribution < 1.29 is 4.39 Å². The van der Waals surface area contributed by atoms with Crippen molar-refractivity contribution in [2.75, 3.05) is 18.1 Å². The van der Waals surface area contributed by atoms with E-state index in [0.29, 0.717) is 0 Å². The molecule has 2 nitrogen and oxygen atoms in total. The number of rotatable bonds is 1. The molecule has 0 heterocycles. The number of halogens is 1. The fraction of sp³-hybridized carbons (Fsp3) is 0.250. The van der Waals surface area contributed by atoms with Crippen LogP contribution in [0.4, 0.5) is 15.8 Å². The normalized spacial score (nSPS) is 9.73. The minimum absolute atomic E-state index is 0.219. The van der Waals surface area contributed by atoms with Crippen molar-refractivity contribution in [2.24, 2.45) is 0 Å². The van der Waals surface area contributed by atoms with Crippen LogP contribution in [0.1, 0.15) is 5.56 Å².